The van der Waals surface area contributed by atoms with Gasteiger partial charge in [-0.3, -0.25) is 9.36 Å². The lowest BCUT2D eigenvalue weighted by molar-refractivity contribution is 0.190. The molecule has 2 aromatic heterocycles. The number of halogens is 2. The summed E-state index contributed by atoms with van der Waals surface area (Å²) in [5.74, 6) is -1.66. The number of ether oxygens (including phenoxy) is 2. The molecule has 7 nitrogen and oxygen atoms in total. The van der Waals surface area contributed by atoms with E-state index in [4.69, 9.17) is 9.47 Å². The van der Waals surface area contributed by atoms with Crippen molar-refractivity contribution in [3.8, 4) is 11.5 Å². The predicted molar refractivity (Wildman–Crippen MR) is 96.2 cm³/mol. The Morgan fingerprint density at radius 3 is 2.74 bits per heavy atom. The third-order valence-corrected chi connectivity index (χ3v) is 3.82. The monoisotopic (exact) mass is 376 g/mol. The Hall–Kier alpha value is -3.07. The molecule has 2 heterocycles. The van der Waals surface area contributed by atoms with Crippen LogP contribution < -0.4 is 15.6 Å². The lowest BCUT2D eigenvalue weighted by atomic mass is 10.3. The van der Waals surface area contributed by atoms with Gasteiger partial charge < -0.3 is 14.8 Å². The van der Waals surface area contributed by atoms with E-state index in [1.54, 1.807) is 7.11 Å². The highest BCUT2D eigenvalue weighted by molar-refractivity contribution is 5.76. The zero-order chi connectivity index (χ0) is 19.6. The van der Waals surface area contributed by atoms with Crippen LogP contribution in [0.1, 0.15) is 6.92 Å². The number of pyridine rings is 1. The molecule has 0 saturated carbocycles. The highest BCUT2D eigenvalue weighted by atomic mass is 19.1. The minimum atomic E-state index is -0.903. The lowest BCUT2D eigenvalue weighted by Gasteiger charge is -2.14. The Balaban J connectivity index is 1.97. The van der Waals surface area contributed by atoms with Crippen LogP contribution in [0.2, 0.25) is 0 Å². The maximum absolute atomic E-state index is 13.8. The van der Waals surface area contributed by atoms with Crippen molar-refractivity contribution in [2.45, 2.75) is 13.0 Å². The summed E-state index contributed by atoms with van der Waals surface area (Å²) in [4.78, 5) is 21.1. The molecule has 0 spiro atoms. The second-order valence-corrected chi connectivity index (χ2v) is 6.02. The Morgan fingerprint density at radius 1 is 1.26 bits per heavy atom. The van der Waals surface area contributed by atoms with Gasteiger partial charge in [0.2, 0.25) is 5.95 Å². The molecule has 0 radical (unpaired) electrons. The van der Waals surface area contributed by atoms with Gasteiger partial charge in [0, 0.05) is 37.8 Å². The Bertz CT molecular complexity index is 1040. The summed E-state index contributed by atoms with van der Waals surface area (Å²) in [6.07, 6.45) is 1.53. The number of fused-ring (bicyclic) bond motifs is 1. The Morgan fingerprint density at radius 2 is 2.04 bits per heavy atom. The molecule has 0 saturated heterocycles. The zero-order valence-electron chi connectivity index (χ0n) is 15.0. The maximum atomic E-state index is 13.8. The minimum absolute atomic E-state index is 0.0199. The predicted octanol–water partition coefficient (Wildman–Crippen LogP) is 2.85. The molecule has 3 rings (SSSR count). The topological polar surface area (TPSA) is 78.3 Å². The van der Waals surface area contributed by atoms with Crippen LogP contribution in [0.3, 0.4) is 0 Å². The SMILES string of the molecule is COCC(C)Nc1ncc2cc(Oc3ccc(F)cc3F)c(=O)n(C)c2n1. The van der Waals surface area contributed by atoms with E-state index < -0.39 is 17.2 Å². The number of aryl methyl sites for hydroxylation is 1. The van der Waals surface area contributed by atoms with Gasteiger partial charge in [-0.15, -0.1) is 0 Å². The molecule has 1 aromatic carbocycles. The number of hydrogen-bond acceptors (Lipinski definition) is 6. The molecule has 0 aliphatic heterocycles. The van der Waals surface area contributed by atoms with E-state index in [1.807, 2.05) is 6.92 Å². The molecule has 0 amide bonds. The molecule has 0 bridgehead atoms. The number of nitrogens with one attached hydrogen (secondary N) is 1. The summed E-state index contributed by atoms with van der Waals surface area (Å²) in [5.41, 5.74) is -0.130. The molecule has 0 aliphatic carbocycles. The minimum Gasteiger partial charge on any atom is -0.448 e. The number of rotatable bonds is 6. The van der Waals surface area contributed by atoms with Gasteiger partial charge in [0.05, 0.1) is 6.61 Å². The van der Waals surface area contributed by atoms with Gasteiger partial charge in [0.25, 0.3) is 5.56 Å². The van der Waals surface area contributed by atoms with Gasteiger partial charge in [0.1, 0.15) is 11.5 Å². The first kappa shape index (κ1) is 18.7. The first-order chi connectivity index (χ1) is 12.9. The number of methoxy groups -OCH3 is 1. The van der Waals surface area contributed by atoms with Crippen molar-refractivity contribution < 1.29 is 18.3 Å². The summed E-state index contributed by atoms with van der Waals surface area (Å²) < 4.78 is 38.5. The van der Waals surface area contributed by atoms with Crippen LogP contribution in [0, 0.1) is 11.6 Å². The van der Waals surface area contributed by atoms with Gasteiger partial charge >= 0.3 is 0 Å². The van der Waals surface area contributed by atoms with Crippen molar-refractivity contribution >= 4 is 17.0 Å². The van der Waals surface area contributed by atoms with Crippen LogP contribution in [0.15, 0.2) is 35.3 Å². The fourth-order valence-corrected chi connectivity index (χ4v) is 2.55. The average Bonchev–Trinajstić information content (AvgIpc) is 2.62. The van der Waals surface area contributed by atoms with E-state index >= 15 is 0 Å². The smallest absolute Gasteiger partial charge is 0.294 e. The summed E-state index contributed by atoms with van der Waals surface area (Å²) in [6.45, 7) is 2.38. The first-order valence-corrected chi connectivity index (χ1v) is 8.14. The van der Waals surface area contributed by atoms with E-state index in [-0.39, 0.29) is 17.5 Å². The average molecular weight is 376 g/mol. The Labute approximate surface area is 153 Å². The van der Waals surface area contributed by atoms with Crippen molar-refractivity contribution in [3.05, 3.63) is 52.5 Å². The third kappa shape index (κ3) is 4.03. The van der Waals surface area contributed by atoms with E-state index in [9.17, 15) is 13.6 Å². The van der Waals surface area contributed by atoms with E-state index in [1.165, 1.54) is 23.9 Å². The van der Waals surface area contributed by atoms with E-state index in [0.717, 1.165) is 12.1 Å². The van der Waals surface area contributed by atoms with Crippen molar-refractivity contribution in [1.82, 2.24) is 14.5 Å². The molecule has 9 heteroatoms. The Kier molecular flexibility index (Phi) is 5.31. The van der Waals surface area contributed by atoms with Crippen molar-refractivity contribution in [1.29, 1.82) is 0 Å². The molecule has 142 valence electrons. The molecule has 3 aromatic rings. The number of anilines is 1. The van der Waals surface area contributed by atoms with Crippen LogP contribution in [0.5, 0.6) is 11.5 Å². The number of benzene rings is 1. The van der Waals surface area contributed by atoms with Gasteiger partial charge in [0.15, 0.2) is 17.3 Å². The maximum Gasteiger partial charge on any atom is 0.294 e. The highest BCUT2D eigenvalue weighted by Gasteiger charge is 2.14. The lowest BCUT2D eigenvalue weighted by Crippen LogP contribution is -2.23. The second kappa shape index (κ2) is 7.67. The fraction of sp³-hybridized carbons (Fsp3) is 0.278. The van der Waals surface area contributed by atoms with Crippen LogP contribution >= 0.6 is 0 Å². The largest absolute Gasteiger partial charge is 0.448 e. The summed E-state index contributed by atoms with van der Waals surface area (Å²) in [6, 6.07) is 4.25. The normalized spacial score (nSPS) is 12.2. The molecule has 27 heavy (non-hydrogen) atoms. The molecule has 1 atom stereocenters. The van der Waals surface area contributed by atoms with Crippen molar-refractivity contribution in [3.63, 3.8) is 0 Å². The van der Waals surface area contributed by atoms with Crippen molar-refractivity contribution in [2.24, 2.45) is 7.05 Å². The quantitative estimate of drug-likeness (QED) is 0.713. The van der Waals surface area contributed by atoms with Crippen LogP contribution in [-0.4, -0.2) is 34.3 Å². The van der Waals surface area contributed by atoms with Gasteiger partial charge in [-0.25, -0.2) is 13.8 Å². The standard InChI is InChI=1S/C18H18F2N4O3/c1-10(9-26-3)22-18-21-8-11-6-15(17(25)24(2)16(11)23-18)27-14-5-4-12(19)7-13(14)20/h4-8,10H,9H2,1-3H3,(H,21,22,23). The highest BCUT2D eigenvalue weighted by Crippen LogP contribution is 2.24. The zero-order valence-corrected chi connectivity index (χ0v) is 15.0. The third-order valence-electron chi connectivity index (χ3n) is 3.82. The van der Waals surface area contributed by atoms with Crippen molar-refractivity contribution in [2.75, 3.05) is 19.0 Å². The van der Waals surface area contributed by atoms with Crippen LogP contribution in [-0.2, 0) is 11.8 Å². The van der Waals surface area contributed by atoms with E-state index in [2.05, 4.69) is 15.3 Å². The first-order valence-electron chi connectivity index (χ1n) is 8.14. The number of aromatic nitrogens is 3. The van der Waals surface area contributed by atoms with Crippen LogP contribution in [0.25, 0.3) is 11.0 Å². The van der Waals surface area contributed by atoms with Gasteiger partial charge in [-0.1, -0.05) is 0 Å². The molecule has 1 unspecified atom stereocenters. The van der Waals surface area contributed by atoms with Gasteiger partial charge in [-0.05, 0) is 25.1 Å². The number of hydrogen-bond donors (Lipinski definition) is 1. The fourth-order valence-electron chi connectivity index (χ4n) is 2.55. The molecule has 0 aliphatic rings. The molecular weight excluding hydrogens is 358 g/mol. The summed E-state index contributed by atoms with van der Waals surface area (Å²) in [5, 5.41) is 3.60. The second-order valence-electron chi connectivity index (χ2n) is 6.02. The summed E-state index contributed by atoms with van der Waals surface area (Å²) in [7, 11) is 3.11. The molecular formula is C18H18F2N4O3. The molecule has 0 fully saturated rings. The molecule has 1 N–H and O–H groups in total. The number of nitrogens with zero attached hydrogens (tertiary/aromatic N) is 3. The van der Waals surface area contributed by atoms with Crippen LogP contribution in [0.4, 0.5) is 14.7 Å². The van der Waals surface area contributed by atoms with E-state index in [0.29, 0.717) is 29.7 Å². The summed E-state index contributed by atoms with van der Waals surface area (Å²) >= 11 is 0. The van der Waals surface area contributed by atoms with Gasteiger partial charge in [-0.2, -0.15) is 4.98 Å².